The lowest BCUT2D eigenvalue weighted by molar-refractivity contribution is -0.140. The van der Waals surface area contributed by atoms with Crippen LogP contribution in [0.2, 0.25) is 0 Å². The fourth-order valence-electron chi connectivity index (χ4n) is 1.64. The average Bonchev–Trinajstić information content (AvgIpc) is 2.39. The summed E-state index contributed by atoms with van der Waals surface area (Å²) in [6, 6.07) is 9.37. The van der Waals surface area contributed by atoms with Crippen LogP contribution in [-0.2, 0) is 15.1 Å². The van der Waals surface area contributed by atoms with E-state index < -0.39 is 5.54 Å². The van der Waals surface area contributed by atoms with Crippen molar-refractivity contribution in [3.63, 3.8) is 0 Å². The summed E-state index contributed by atoms with van der Waals surface area (Å²) >= 11 is 0. The zero-order valence-corrected chi connectivity index (χ0v) is 11.5. The molecule has 5 nitrogen and oxygen atoms in total. The maximum atomic E-state index is 11.7. The predicted octanol–water partition coefficient (Wildman–Crippen LogP) is 1.78. The second-order valence-corrected chi connectivity index (χ2v) is 4.70. The standard InChI is InChI=1S/C14H20N2O3/c1-14(2,11-7-5-4-6-8-11)16-13(18)15-10-9-12(17)19-3/h4-8H,9-10H2,1-3H3,(H2,15,16,18). The molecule has 1 aromatic rings. The molecule has 2 N–H and O–H groups in total. The van der Waals surface area contributed by atoms with Crippen molar-refractivity contribution in [2.24, 2.45) is 0 Å². The Kier molecular flexibility index (Phi) is 5.36. The number of esters is 1. The number of carbonyl (C=O) groups excluding carboxylic acids is 2. The summed E-state index contributed by atoms with van der Waals surface area (Å²) in [5.41, 5.74) is 0.537. The van der Waals surface area contributed by atoms with E-state index in [9.17, 15) is 9.59 Å². The van der Waals surface area contributed by atoms with Crippen molar-refractivity contribution in [3.8, 4) is 0 Å². The summed E-state index contributed by atoms with van der Waals surface area (Å²) in [5, 5.41) is 5.49. The first-order valence-corrected chi connectivity index (χ1v) is 6.14. The lowest BCUT2D eigenvalue weighted by Gasteiger charge is -2.27. The number of rotatable bonds is 5. The van der Waals surface area contributed by atoms with Crippen molar-refractivity contribution in [1.82, 2.24) is 10.6 Å². The largest absolute Gasteiger partial charge is 0.469 e. The van der Waals surface area contributed by atoms with E-state index in [0.29, 0.717) is 0 Å². The van der Waals surface area contributed by atoms with Gasteiger partial charge in [-0.05, 0) is 19.4 Å². The Morgan fingerprint density at radius 2 is 1.84 bits per heavy atom. The molecule has 0 saturated heterocycles. The molecule has 104 valence electrons. The van der Waals surface area contributed by atoms with E-state index >= 15 is 0 Å². The maximum absolute atomic E-state index is 11.7. The van der Waals surface area contributed by atoms with Crippen molar-refractivity contribution >= 4 is 12.0 Å². The molecule has 5 heteroatoms. The van der Waals surface area contributed by atoms with Gasteiger partial charge in [0.1, 0.15) is 0 Å². The average molecular weight is 264 g/mol. The summed E-state index contributed by atoms with van der Waals surface area (Å²) in [5.74, 6) is -0.345. The maximum Gasteiger partial charge on any atom is 0.315 e. The zero-order valence-electron chi connectivity index (χ0n) is 11.5. The molecule has 0 saturated carbocycles. The van der Waals surface area contributed by atoms with Gasteiger partial charge in [-0.25, -0.2) is 4.79 Å². The van der Waals surface area contributed by atoms with Crippen LogP contribution >= 0.6 is 0 Å². The smallest absolute Gasteiger partial charge is 0.315 e. The van der Waals surface area contributed by atoms with Crippen molar-refractivity contribution in [2.75, 3.05) is 13.7 Å². The molecule has 1 rings (SSSR count). The minimum absolute atomic E-state index is 0.162. The third-order valence-corrected chi connectivity index (χ3v) is 2.76. The topological polar surface area (TPSA) is 67.4 Å². The van der Waals surface area contributed by atoms with Gasteiger partial charge in [0.2, 0.25) is 0 Å². The SMILES string of the molecule is COC(=O)CCNC(=O)NC(C)(C)c1ccccc1. The number of amides is 2. The van der Waals surface area contributed by atoms with Crippen LogP contribution in [-0.4, -0.2) is 25.7 Å². The van der Waals surface area contributed by atoms with Gasteiger partial charge in [-0.2, -0.15) is 0 Å². The molecule has 0 unspecified atom stereocenters. The van der Waals surface area contributed by atoms with E-state index in [1.807, 2.05) is 44.2 Å². The van der Waals surface area contributed by atoms with Gasteiger partial charge in [-0.15, -0.1) is 0 Å². The molecule has 0 aliphatic carbocycles. The van der Waals surface area contributed by atoms with Crippen LogP contribution in [0.3, 0.4) is 0 Å². The number of carbonyl (C=O) groups is 2. The molecule has 1 aromatic carbocycles. The van der Waals surface area contributed by atoms with Gasteiger partial charge in [0.15, 0.2) is 0 Å². The fourth-order valence-corrected chi connectivity index (χ4v) is 1.64. The molecule has 0 aromatic heterocycles. The summed E-state index contributed by atoms with van der Waals surface area (Å²) in [6.45, 7) is 4.09. The molecular formula is C14H20N2O3. The summed E-state index contributed by atoms with van der Waals surface area (Å²) in [4.78, 5) is 22.6. The van der Waals surface area contributed by atoms with Gasteiger partial charge >= 0.3 is 12.0 Å². The molecule has 0 aliphatic rings. The Balaban J connectivity index is 2.45. The van der Waals surface area contributed by atoms with Crippen LogP contribution in [0.15, 0.2) is 30.3 Å². The van der Waals surface area contributed by atoms with Crippen molar-refractivity contribution in [3.05, 3.63) is 35.9 Å². The Hall–Kier alpha value is -2.04. The number of hydrogen-bond donors (Lipinski definition) is 2. The molecule has 0 atom stereocenters. The van der Waals surface area contributed by atoms with Gasteiger partial charge in [-0.1, -0.05) is 30.3 Å². The minimum Gasteiger partial charge on any atom is -0.469 e. The monoisotopic (exact) mass is 264 g/mol. The van der Waals surface area contributed by atoms with Gasteiger partial charge in [0.05, 0.1) is 19.1 Å². The second-order valence-electron chi connectivity index (χ2n) is 4.70. The molecule has 2 amide bonds. The highest BCUT2D eigenvalue weighted by molar-refractivity contribution is 5.76. The Morgan fingerprint density at radius 3 is 2.42 bits per heavy atom. The van der Waals surface area contributed by atoms with Crippen molar-refractivity contribution < 1.29 is 14.3 Å². The van der Waals surface area contributed by atoms with E-state index in [2.05, 4.69) is 15.4 Å². The normalized spacial score (nSPS) is 10.7. The van der Waals surface area contributed by atoms with E-state index in [0.717, 1.165) is 5.56 Å². The first-order chi connectivity index (χ1) is 8.95. The third-order valence-electron chi connectivity index (χ3n) is 2.76. The number of urea groups is 1. The summed E-state index contributed by atoms with van der Waals surface area (Å²) < 4.78 is 4.49. The van der Waals surface area contributed by atoms with Crippen LogP contribution in [0, 0.1) is 0 Å². The molecule has 0 radical (unpaired) electrons. The van der Waals surface area contributed by atoms with E-state index in [-0.39, 0.29) is 25.0 Å². The first kappa shape index (κ1) is 15.0. The number of ether oxygens (including phenoxy) is 1. The van der Waals surface area contributed by atoms with Crippen molar-refractivity contribution in [2.45, 2.75) is 25.8 Å². The number of methoxy groups -OCH3 is 1. The summed E-state index contributed by atoms with van der Waals surface area (Å²) in [7, 11) is 1.32. The lowest BCUT2D eigenvalue weighted by atomic mass is 9.95. The molecule has 0 heterocycles. The molecule has 0 spiro atoms. The quantitative estimate of drug-likeness (QED) is 0.797. The second kappa shape index (κ2) is 6.78. The van der Waals surface area contributed by atoms with Crippen LogP contribution < -0.4 is 10.6 Å². The third kappa shape index (κ3) is 4.99. The number of hydrogen-bond acceptors (Lipinski definition) is 3. The van der Waals surface area contributed by atoms with Gasteiger partial charge in [0.25, 0.3) is 0 Å². The molecule has 0 fully saturated rings. The summed E-state index contributed by atoms with van der Waals surface area (Å²) in [6.07, 6.45) is 0.162. The lowest BCUT2D eigenvalue weighted by Crippen LogP contribution is -2.46. The Bertz CT molecular complexity index is 430. The van der Waals surface area contributed by atoms with Crippen LogP contribution in [0.4, 0.5) is 4.79 Å². The molecular weight excluding hydrogens is 244 g/mol. The van der Waals surface area contributed by atoms with Crippen LogP contribution in [0.25, 0.3) is 0 Å². The van der Waals surface area contributed by atoms with Crippen LogP contribution in [0.5, 0.6) is 0 Å². The predicted molar refractivity (Wildman–Crippen MR) is 72.6 cm³/mol. The minimum atomic E-state index is -0.476. The molecule has 0 bridgehead atoms. The highest BCUT2D eigenvalue weighted by Crippen LogP contribution is 2.18. The Labute approximate surface area is 113 Å². The first-order valence-electron chi connectivity index (χ1n) is 6.14. The van der Waals surface area contributed by atoms with Gasteiger partial charge in [-0.3, -0.25) is 4.79 Å². The van der Waals surface area contributed by atoms with E-state index in [1.165, 1.54) is 7.11 Å². The van der Waals surface area contributed by atoms with Gasteiger partial charge in [0, 0.05) is 6.54 Å². The van der Waals surface area contributed by atoms with Crippen molar-refractivity contribution in [1.29, 1.82) is 0 Å². The molecule has 19 heavy (non-hydrogen) atoms. The highest BCUT2D eigenvalue weighted by Gasteiger charge is 2.22. The number of nitrogens with one attached hydrogen (secondary N) is 2. The van der Waals surface area contributed by atoms with E-state index in [1.54, 1.807) is 0 Å². The van der Waals surface area contributed by atoms with Crippen LogP contribution in [0.1, 0.15) is 25.8 Å². The Morgan fingerprint density at radius 1 is 1.21 bits per heavy atom. The van der Waals surface area contributed by atoms with Gasteiger partial charge < -0.3 is 15.4 Å². The fraction of sp³-hybridized carbons (Fsp3) is 0.429. The highest BCUT2D eigenvalue weighted by atomic mass is 16.5. The van der Waals surface area contributed by atoms with E-state index in [4.69, 9.17) is 0 Å². The number of benzene rings is 1. The zero-order chi connectivity index (χ0) is 14.3. The molecule has 0 aliphatic heterocycles.